The number of urea groups is 2. The van der Waals surface area contributed by atoms with Gasteiger partial charge in [-0.3, -0.25) is 39.4 Å². The summed E-state index contributed by atoms with van der Waals surface area (Å²) in [5.74, 6) is -5.84. The Hall–Kier alpha value is -10.7. The summed E-state index contributed by atoms with van der Waals surface area (Å²) in [5, 5.41) is 23.5. The number of carbonyl (C=O) groups is 6. The van der Waals surface area contributed by atoms with Crippen molar-refractivity contribution in [2.45, 2.75) is 43.6 Å². The number of fused-ring (bicyclic) bond motifs is 2. The fourth-order valence-electron chi connectivity index (χ4n) is 13.6. The fraction of sp³-hybridized carbons (Fsp3) is 0.284. The number of nitrogens with one attached hydrogen (secondary N) is 3. The van der Waals surface area contributed by atoms with Gasteiger partial charge in [0.2, 0.25) is 0 Å². The lowest BCUT2D eigenvalue weighted by Crippen LogP contribution is -2.53. The van der Waals surface area contributed by atoms with Crippen molar-refractivity contribution in [1.82, 2.24) is 50.5 Å². The number of nitrogens with zero attached hydrogens (tertiary/aromatic N) is 11. The molecule has 0 radical (unpaired) electrons. The van der Waals surface area contributed by atoms with E-state index in [-0.39, 0.29) is 111 Å². The molecule has 25 nitrogen and oxygen atoms in total. The molecule has 4 N–H and O–H groups in total. The number of aliphatic imine (C=N–C) groups is 2. The Morgan fingerprint density at radius 3 is 1.63 bits per heavy atom. The molecule has 34 heteroatoms. The number of amides is 5. The van der Waals surface area contributed by atoms with Crippen LogP contribution >= 0.6 is 45.9 Å². The van der Waals surface area contributed by atoms with Gasteiger partial charge in [0.15, 0.2) is 33.3 Å². The minimum absolute atomic E-state index is 0.0502. The van der Waals surface area contributed by atoms with Crippen molar-refractivity contribution >= 4 is 105 Å². The maximum Gasteiger partial charge on any atom is 0.338 e. The van der Waals surface area contributed by atoms with E-state index in [9.17, 15) is 47.0 Å². The molecule has 4 saturated heterocycles. The van der Waals surface area contributed by atoms with Crippen molar-refractivity contribution < 1.29 is 74.8 Å². The first-order valence-corrected chi connectivity index (χ1v) is 36.1. The first-order chi connectivity index (χ1) is 51.8. The summed E-state index contributed by atoms with van der Waals surface area (Å²) in [6.45, 7) is 7.33. The maximum absolute atomic E-state index is 15.2. The largest absolute Gasteiger partial charge is 0.478 e. The molecule has 560 valence electrons. The van der Waals surface area contributed by atoms with Crippen molar-refractivity contribution in [2.75, 3.05) is 103 Å². The second kappa shape index (κ2) is 32.0. The standard InChI is InChI=1S/C40H39ClF3N7O6S.C34H28ClF2N7O5S/c1-40(2,21-55-3)48-36(52)22-5-8-32(30(44)13-22)57-27-15-24(43)14-25(17-27)51-19-26-18-49(10-11-50(26)39(51)54)20-31-33(38(53)56-4)34(28-7-6-23(42)16-29(28)41)47-35(46-31)37-45-9-12-58-37;1-49-33(47)28-27(40-30(31-39-8-11-50-31)41-29(28)22-5-3-19(36)13-24(22)35)17-42-9-10-43-21(15-42)16-44(34(43)48)20-6-7-38-26(14-20)23-4-2-18(32(45)46)12-25(23)37/h5-9,12-17,26,34H,10-11,18-21H2,1-4H3,(H,46,47)(H,48,52);2-8,11-14,21,29H,9-10,15-17H2,1H3,(H,40,41)(H,45,46)/t26-,34-;21-,29-/m00/s1. The lowest BCUT2D eigenvalue weighted by Gasteiger charge is -2.38. The minimum atomic E-state index is -1.24. The second-order valence-corrected chi connectivity index (χ2v) is 28.9. The summed E-state index contributed by atoms with van der Waals surface area (Å²) in [7, 11) is 4.05. The molecule has 0 aliphatic carbocycles. The number of anilines is 2. The van der Waals surface area contributed by atoms with Gasteiger partial charge in [0.05, 0.1) is 66.5 Å². The maximum atomic E-state index is 15.2. The first kappa shape index (κ1) is 75.5. The van der Waals surface area contributed by atoms with Gasteiger partial charge in [-0.2, -0.15) is 0 Å². The number of halogens is 7. The molecule has 5 aromatic carbocycles. The molecule has 4 fully saturated rings. The fourth-order valence-corrected chi connectivity index (χ4v) is 15.3. The summed E-state index contributed by atoms with van der Waals surface area (Å²) < 4.78 is 94.5. The predicted molar refractivity (Wildman–Crippen MR) is 392 cm³/mol. The molecule has 8 aromatic rings. The number of piperazine rings is 2. The van der Waals surface area contributed by atoms with Gasteiger partial charge < -0.3 is 49.8 Å². The van der Waals surface area contributed by atoms with Crippen LogP contribution in [-0.4, -0.2) is 198 Å². The highest BCUT2D eigenvalue weighted by Crippen LogP contribution is 2.41. The van der Waals surface area contributed by atoms with E-state index >= 15 is 8.78 Å². The van der Waals surface area contributed by atoms with Gasteiger partial charge in [0.25, 0.3) is 5.91 Å². The molecular formula is C74H67Cl2F5N14O11S2. The quantitative estimate of drug-likeness (QED) is 0.0407. The van der Waals surface area contributed by atoms with Crippen LogP contribution in [0.2, 0.25) is 10.0 Å². The Kier molecular flexibility index (Phi) is 22.4. The van der Waals surface area contributed by atoms with E-state index in [1.54, 1.807) is 63.8 Å². The van der Waals surface area contributed by atoms with Gasteiger partial charge >= 0.3 is 30.0 Å². The van der Waals surface area contributed by atoms with Crippen molar-refractivity contribution in [2.24, 2.45) is 9.98 Å². The number of carboxylic acid groups (broad SMARTS) is 1. The average Bonchev–Trinajstić information content (AvgIpc) is 1.28. The highest BCUT2D eigenvalue weighted by molar-refractivity contribution is 7.12. The summed E-state index contributed by atoms with van der Waals surface area (Å²) in [4.78, 5) is 111. The van der Waals surface area contributed by atoms with Crippen LogP contribution in [0.1, 0.15) is 67.8 Å². The van der Waals surface area contributed by atoms with Crippen molar-refractivity contribution in [3.8, 4) is 22.8 Å². The van der Waals surface area contributed by atoms with Crippen LogP contribution in [0.25, 0.3) is 11.3 Å². The number of aromatic carboxylic acids is 1. The molecule has 5 amide bonds. The molecule has 14 rings (SSSR count). The van der Waals surface area contributed by atoms with Gasteiger partial charge in [-0.05, 0) is 92.7 Å². The van der Waals surface area contributed by atoms with Gasteiger partial charge in [-0.25, -0.2) is 55.9 Å². The molecule has 0 spiro atoms. The Bertz CT molecular complexity index is 5000. The molecule has 9 heterocycles. The Morgan fingerprint density at radius 1 is 0.602 bits per heavy atom. The van der Waals surface area contributed by atoms with E-state index in [1.807, 2.05) is 0 Å². The number of carboxylic acids is 1. The zero-order chi connectivity index (χ0) is 76.4. The number of aromatic nitrogens is 3. The van der Waals surface area contributed by atoms with Crippen molar-refractivity contribution in [3.05, 3.63) is 226 Å². The third kappa shape index (κ3) is 16.2. The molecule has 0 saturated carbocycles. The number of benzene rings is 5. The van der Waals surface area contributed by atoms with Crippen LogP contribution in [0.4, 0.5) is 42.9 Å². The minimum Gasteiger partial charge on any atom is -0.478 e. The summed E-state index contributed by atoms with van der Waals surface area (Å²) in [5.41, 5.74) is 2.54. The third-order valence-electron chi connectivity index (χ3n) is 18.6. The number of hydrogen-bond acceptors (Lipinski definition) is 21. The van der Waals surface area contributed by atoms with Gasteiger partial charge in [0.1, 0.15) is 41.1 Å². The van der Waals surface area contributed by atoms with E-state index in [2.05, 4.69) is 40.7 Å². The number of thiazole rings is 2. The van der Waals surface area contributed by atoms with Gasteiger partial charge in [0, 0.05) is 163 Å². The zero-order valence-corrected chi connectivity index (χ0v) is 61.3. The van der Waals surface area contributed by atoms with Crippen LogP contribution in [0.15, 0.2) is 165 Å². The molecule has 6 aliphatic heterocycles. The lowest BCUT2D eigenvalue weighted by molar-refractivity contribution is -0.137. The van der Waals surface area contributed by atoms with E-state index in [0.29, 0.717) is 95.7 Å². The zero-order valence-electron chi connectivity index (χ0n) is 58.2. The summed E-state index contributed by atoms with van der Waals surface area (Å²) in [6, 6.07) is 19.2. The van der Waals surface area contributed by atoms with Crippen LogP contribution in [0.3, 0.4) is 0 Å². The lowest BCUT2D eigenvalue weighted by atomic mass is 9.95. The van der Waals surface area contributed by atoms with Crippen LogP contribution < -0.4 is 30.5 Å². The Labute approximate surface area is 632 Å². The van der Waals surface area contributed by atoms with E-state index in [1.165, 1.54) is 122 Å². The number of pyridine rings is 1. The van der Waals surface area contributed by atoms with E-state index in [0.717, 1.165) is 24.3 Å². The first-order valence-electron chi connectivity index (χ1n) is 33.6. The molecule has 108 heavy (non-hydrogen) atoms. The Balaban J connectivity index is 0.000000192. The topological polar surface area (TPSA) is 278 Å². The number of esters is 2. The Morgan fingerprint density at radius 2 is 1.14 bits per heavy atom. The highest BCUT2D eigenvalue weighted by Gasteiger charge is 2.45. The number of carbonyl (C=O) groups excluding carboxylic acids is 5. The second-order valence-electron chi connectivity index (χ2n) is 26.3. The summed E-state index contributed by atoms with van der Waals surface area (Å²) >= 11 is 15.7. The summed E-state index contributed by atoms with van der Waals surface area (Å²) in [6.07, 6.45) is 4.75. The van der Waals surface area contributed by atoms with Crippen LogP contribution in [-0.2, 0) is 23.8 Å². The van der Waals surface area contributed by atoms with E-state index < -0.39 is 70.5 Å². The monoisotopic (exact) mass is 1560 g/mol. The third-order valence-corrected chi connectivity index (χ3v) is 20.8. The molecular weight excluding hydrogens is 1490 g/mol. The van der Waals surface area contributed by atoms with Gasteiger partial charge in [-0.1, -0.05) is 35.3 Å². The number of methoxy groups -OCH3 is 3. The smallest absolute Gasteiger partial charge is 0.338 e. The number of ether oxygens (including phenoxy) is 4. The van der Waals surface area contributed by atoms with Crippen molar-refractivity contribution in [3.63, 3.8) is 0 Å². The van der Waals surface area contributed by atoms with Crippen LogP contribution in [0, 0.1) is 29.1 Å². The molecule has 3 aromatic heterocycles. The number of amidine groups is 2. The molecule has 6 aliphatic rings. The van der Waals surface area contributed by atoms with Crippen LogP contribution in [0.5, 0.6) is 11.5 Å². The normalized spacial score (nSPS) is 18.9. The van der Waals surface area contributed by atoms with E-state index in [4.69, 9.17) is 52.1 Å². The van der Waals surface area contributed by atoms with Gasteiger partial charge in [-0.15, -0.1) is 22.7 Å². The predicted octanol–water partition coefficient (Wildman–Crippen LogP) is 11.3. The number of rotatable bonds is 20. The number of hydrogen-bond donors (Lipinski definition) is 4. The molecule has 0 unspecified atom stereocenters. The van der Waals surface area contributed by atoms with Crippen molar-refractivity contribution in [1.29, 1.82) is 0 Å². The average molecular weight is 1560 g/mol. The molecule has 4 atom stereocenters. The highest BCUT2D eigenvalue weighted by atomic mass is 35.5. The molecule has 0 bridgehead atoms. The SMILES string of the molecule is COC(=O)C1=C(CN2CCN3C(=O)N(c4ccnc(-c5ccc(C(=O)O)cc5F)c4)C[C@@H]3C2)NC(c2nccs2)=N[C@H]1c1ccc(F)cc1Cl.COCC(C)(C)NC(=O)c1ccc(Oc2cc(F)cc(N3C[C@@H]4CN(CC5=C(C(=O)OC)[C@H](c6ccc(F)cc6Cl)N=C(c6nccs6)N5)CCN4C3=O)c2)c(F)c1.